The van der Waals surface area contributed by atoms with E-state index >= 15 is 0 Å². The molecule has 1 aromatic rings. The lowest BCUT2D eigenvalue weighted by molar-refractivity contribution is 0.159. The summed E-state index contributed by atoms with van der Waals surface area (Å²) >= 11 is 0. The van der Waals surface area contributed by atoms with Crippen molar-refractivity contribution in [2.45, 2.75) is 59.5 Å². The molecule has 1 aliphatic heterocycles. The van der Waals surface area contributed by atoms with E-state index < -0.39 is 0 Å². The molecule has 1 aliphatic rings. The molecule has 1 atom stereocenters. The van der Waals surface area contributed by atoms with Crippen molar-refractivity contribution < 1.29 is 0 Å². The second kappa shape index (κ2) is 6.93. The van der Waals surface area contributed by atoms with Crippen molar-refractivity contribution in [1.82, 2.24) is 10.2 Å². The van der Waals surface area contributed by atoms with Crippen molar-refractivity contribution in [1.29, 1.82) is 0 Å². The molecule has 0 aliphatic carbocycles. The number of nitrogens with one attached hydrogen (secondary N) is 1. The van der Waals surface area contributed by atoms with Gasteiger partial charge >= 0.3 is 0 Å². The van der Waals surface area contributed by atoms with Crippen molar-refractivity contribution in [3.8, 4) is 0 Å². The zero-order chi connectivity index (χ0) is 15.5. The zero-order valence-corrected chi connectivity index (χ0v) is 14.5. The minimum atomic E-state index is 0.232. The fraction of sp³-hybridized carbons (Fsp3) is 0.684. The lowest BCUT2D eigenvalue weighted by atomic mass is 9.96. The Labute approximate surface area is 130 Å². The molecule has 1 N–H and O–H groups in total. The van der Waals surface area contributed by atoms with Crippen LogP contribution in [0.2, 0.25) is 0 Å². The Morgan fingerprint density at radius 1 is 1.19 bits per heavy atom. The van der Waals surface area contributed by atoms with Crippen LogP contribution in [-0.2, 0) is 6.54 Å². The van der Waals surface area contributed by atoms with E-state index in [1.807, 2.05) is 0 Å². The van der Waals surface area contributed by atoms with Gasteiger partial charge in [-0.2, -0.15) is 0 Å². The number of rotatable bonds is 4. The van der Waals surface area contributed by atoms with Gasteiger partial charge in [-0.15, -0.1) is 0 Å². The van der Waals surface area contributed by atoms with Gasteiger partial charge in [-0.25, -0.2) is 0 Å². The summed E-state index contributed by atoms with van der Waals surface area (Å²) in [5.74, 6) is 0.796. The first kappa shape index (κ1) is 16.5. The molecular formula is C19H32N2. The molecule has 2 heteroatoms. The van der Waals surface area contributed by atoms with Crippen LogP contribution in [0.25, 0.3) is 0 Å². The number of benzene rings is 1. The van der Waals surface area contributed by atoms with Gasteiger partial charge in [0, 0.05) is 18.6 Å². The Hall–Kier alpha value is -0.860. The normalized spacial score (nSPS) is 20.7. The van der Waals surface area contributed by atoms with Crippen LogP contribution in [0.15, 0.2) is 18.2 Å². The van der Waals surface area contributed by atoms with E-state index in [2.05, 4.69) is 63.0 Å². The second-order valence-corrected chi connectivity index (χ2v) is 7.79. The van der Waals surface area contributed by atoms with E-state index in [0.717, 1.165) is 19.0 Å². The van der Waals surface area contributed by atoms with Crippen LogP contribution >= 0.6 is 0 Å². The summed E-state index contributed by atoms with van der Waals surface area (Å²) in [5.41, 5.74) is 4.50. The molecule has 0 spiro atoms. The van der Waals surface area contributed by atoms with Gasteiger partial charge in [0.1, 0.15) is 0 Å². The van der Waals surface area contributed by atoms with Crippen LogP contribution in [0.3, 0.4) is 0 Å². The van der Waals surface area contributed by atoms with E-state index in [1.54, 1.807) is 0 Å². The smallest absolute Gasteiger partial charge is 0.0233 e. The summed E-state index contributed by atoms with van der Waals surface area (Å²) < 4.78 is 0. The third-order valence-electron chi connectivity index (χ3n) is 4.50. The van der Waals surface area contributed by atoms with Gasteiger partial charge in [-0.05, 0) is 83.2 Å². The summed E-state index contributed by atoms with van der Waals surface area (Å²) in [7, 11) is 0. The van der Waals surface area contributed by atoms with Gasteiger partial charge in [-0.1, -0.05) is 18.2 Å². The summed E-state index contributed by atoms with van der Waals surface area (Å²) in [6.07, 6.45) is 2.70. The third-order valence-corrected chi connectivity index (χ3v) is 4.50. The van der Waals surface area contributed by atoms with E-state index in [0.29, 0.717) is 0 Å². The first-order chi connectivity index (χ1) is 9.83. The third kappa shape index (κ3) is 5.44. The molecule has 2 nitrogen and oxygen atoms in total. The minimum absolute atomic E-state index is 0.232. The molecule has 1 aromatic carbocycles. The standard InChI is InChI=1S/C19H32N2/c1-15-8-9-17(11-16(15)2)13-21-10-6-7-18(14-21)12-20-19(3,4)5/h8-9,11,18,20H,6-7,10,12-14H2,1-5H3. The Morgan fingerprint density at radius 3 is 2.62 bits per heavy atom. The van der Waals surface area contributed by atoms with Crippen LogP contribution in [0.4, 0.5) is 0 Å². The number of hydrogen-bond donors (Lipinski definition) is 1. The quantitative estimate of drug-likeness (QED) is 0.904. The molecule has 0 aromatic heterocycles. The number of nitrogens with zero attached hydrogens (tertiary/aromatic N) is 1. The highest BCUT2D eigenvalue weighted by atomic mass is 15.1. The fourth-order valence-electron chi connectivity index (χ4n) is 3.07. The number of piperidine rings is 1. The van der Waals surface area contributed by atoms with Crippen molar-refractivity contribution in [3.63, 3.8) is 0 Å². The van der Waals surface area contributed by atoms with Crippen LogP contribution in [-0.4, -0.2) is 30.1 Å². The molecule has 0 bridgehead atoms. The first-order valence-electron chi connectivity index (χ1n) is 8.37. The first-order valence-corrected chi connectivity index (χ1v) is 8.37. The molecule has 1 saturated heterocycles. The van der Waals surface area contributed by atoms with Gasteiger partial charge in [0.15, 0.2) is 0 Å². The summed E-state index contributed by atoms with van der Waals surface area (Å²) in [6, 6.07) is 6.90. The predicted octanol–water partition coefficient (Wildman–Crippen LogP) is 3.90. The largest absolute Gasteiger partial charge is 0.312 e. The Kier molecular flexibility index (Phi) is 5.45. The summed E-state index contributed by atoms with van der Waals surface area (Å²) in [6.45, 7) is 15.9. The maximum atomic E-state index is 3.67. The SMILES string of the molecule is Cc1ccc(CN2CCCC(CNC(C)(C)C)C2)cc1C. The van der Waals surface area contributed by atoms with Crippen molar-refractivity contribution in [2.24, 2.45) is 5.92 Å². The average Bonchev–Trinajstić information content (AvgIpc) is 2.40. The molecule has 1 unspecified atom stereocenters. The molecular weight excluding hydrogens is 256 g/mol. The average molecular weight is 288 g/mol. The molecule has 0 saturated carbocycles. The number of hydrogen-bond acceptors (Lipinski definition) is 2. The highest BCUT2D eigenvalue weighted by Gasteiger charge is 2.21. The van der Waals surface area contributed by atoms with Gasteiger partial charge in [-0.3, -0.25) is 4.90 Å². The summed E-state index contributed by atoms with van der Waals surface area (Å²) in [5, 5.41) is 3.67. The molecule has 1 fully saturated rings. The van der Waals surface area contributed by atoms with Crippen molar-refractivity contribution >= 4 is 0 Å². The van der Waals surface area contributed by atoms with E-state index in [-0.39, 0.29) is 5.54 Å². The van der Waals surface area contributed by atoms with Gasteiger partial charge < -0.3 is 5.32 Å². The van der Waals surface area contributed by atoms with Crippen LogP contribution in [0, 0.1) is 19.8 Å². The highest BCUT2D eigenvalue weighted by Crippen LogP contribution is 2.20. The monoisotopic (exact) mass is 288 g/mol. The predicted molar refractivity (Wildman–Crippen MR) is 91.7 cm³/mol. The Bertz CT molecular complexity index is 459. The molecule has 2 rings (SSSR count). The van der Waals surface area contributed by atoms with Crippen molar-refractivity contribution in [3.05, 3.63) is 34.9 Å². The van der Waals surface area contributed by atoms with E-state index in [1.165, 1.54) is 42.6 Å². The lowest BCUT2D eigenvalue weighted by Gasteiger charge is -2.34. The van der Waals surface area contributed by atoms with Gasteiger partial charge in [0.05, 0.1) is 0 Å². The maximum absolute atomic E-state index is 3.67. The van der Waals surface area contributed by atoms with Crippen LogP contribution < -0.4 is 5.32 Å². The van der Waals surface area contributed by atoms with E-state index in [9.17, 15) is 0 Å². The topological polar surface area (TPSA) is 15.3 Å². The van der Waals surface area contributed by atoms with Gasteiger partial charge in [0.25, 0.3) is 0 Å². The number of likely N-dealkylation sites (tertiary alicyclic amines) is 1. The number of aryl methyl sites for hydroxylation is 2. The minimum Gasteiger partial charge on any atom is -0.312 e. The van der Waals surface area contributed by atoms with Crippen LogP contribution in [0.1, 0.15) is 50.3 Å². The summed E-state index contributed by atoms with van der Waals surface area (Å²) in [4.78, 5) is 2.63. The lowest BCUT2D eigenvalue weighted by Crippen LogP contribution is -2.44. The van der Waals surface area contributed by atoms with Crippen molar-refractivity contribution in [2.75, 3.05) is 19.6 Å². The maximum Gasteiger partial charge on any atom is 0.0233 e. The Morgan fingerprint density at radius 2 is 1.95 bits per heavy atom. The highest BCUT2D eigenvalue weighted by molar-refractivity contribution is 5.29. The van der Waals surface area contributed by atoms with E-state index in [4.69, 9.17) is 0 Å². The Balaban J connectivity index is 1.87. The molecule has 0 amide bonds. The second-order valence-electron chi connectivity index (χ2n) is 7.79. The molecule has 0 radical (unpaired) electrons. The molecule has 21 heavy (non-hydrogen) atoms. The molecule has 118 valence electrons. The van der Waals surface area contributed by atoms with Gasteiger partial charge in [0.2, 0.25) is 0 Å². The molecule has 1 heterocycles. The zero-order valence-electron chi connectivity index (χ0n) is 14.5. The fourth-order valence-corrected chi connectivity index (χ4v) is 3.07. The van der Waals surface area contributed by atoms with Crippen LogP contribution in [0.5, 0.6) is 0 Å².